The lowest BCUT2D eigenvalue weighted by atomic mass is 10.1. The van der Waals surface area contributed by atoms with Crippen molar-refractivity contribution in [2.24, 2.45) is 0 Å². The number of fused-ring (bicyclic) bond motifs is 4. The largest absolute Gasteiger partial charge is 0.455 e. The first kappa shape index (κ1) is 24.6. The van der Waals surface area contributed by atoms with Crippen LogP contribution >= 0.6 is 0 Å². The molecule has 0 radical (unpaired) electrons. The van der Waals surface area contributed by atoms with E-state index in [1.165, 1.54) is 12.7 Å². The van der Waals surface area contributed by atoms with Crippen molar-refractivity contribution in [2.45, 2.75) is 26.5 Å². The minimum Gasteiger partial charge on any atom is -0.455 e. The molecular formula is C30H26N8O3. The van der Waals surface area contributed by atoms with Crippen LogP contribution in [0, 0.1) is 6.92 Å². The number of nitrogens with one attached hydrogen (secondary N) is 2. The second-order valence-corrected chi connectivity index (χ2v) is 9.87. The average Bonchev–Trinajstić information content (AvgIpc) is 3.62. The Morgan fingerprint density at radius 1 is 1.05 bits per heavy atom. The zero-order valence-electron chi connectivity index (χ0n) is 22.2. The standard InChI is InChI=1S/C30H26N8O3/c1-19-13-21(7-9-25(19)41-22-8-10-26-31-18-34-38(26)14-22)35-28-27-23-15-37(12-11-24(23)36-29(27)33-17-32-28)30(39)40-16-20-5-3-2-4-6-20/h2-10,13-14,17-18H,11-12,15-16H2,1H3,(H2,32,33,35,36). The van der Waals surface area contributed by atoms with E-state index in [0.29, 0.717) is 31.1 Å². The summed E-state index contributed by atoms with van der Waals surface area (Å²) in [6, 6.07) is 19.3. The molecule has 4 aromatic heterocycles. The lowest BCUT2D eigenvalue weighted by Gasteiger charge is -2.26. The van der Waals surface area contributed by atoms with Crippen LogP contribution in [-0.4, -0.2) is 47.1 Å². The van der Waals surface area contributed by atoms with Gasteiger partial charge in [-0.05, 0) is 48.4 Å². The number of H-pyrrole nitrogens is 1. The first-order valence-electron chi connectivity index (χ1n) is 13.3. The van der Waals surface area contributed by atoms with Crippen LogP contribution in [0.1, 0.15) is 22.4 Å². The fourth-order valence-electron chi connectivity index (χ4n) is 5.06. The third-order valence-electron chi connectivity index (χ3n) is 7.14. The number of carbonyl (C=O) groups excluding carboxylic acids is 1. The maximum atomic E-state index is 12.9. The average molecular weight is 547 g/mol. The van der Waals surface area contributed by atoms with Gasteiger partial charge in [0.1, 0.15) is 42.2 Å². The molecule has 7 rings (SSSR count). The topological polar surface area (TPSA) is 123 Å². The first-order valence-corrected chi connectivity index (χ1v) is 13.3. The maximum Gasteiger partial charge on any atom is 0.410 e. The summed E-state index contributed by atoms with van der Waals surface area (Å²) in [5, 5.41) is 8.47. The van der Waals surface area contributed by atoms with Crippen molar-refractivity contribution in [3.8, 4) is 11.5 Å². The molecule has 0 unspecified atom stereocenters. The van der Waals surface area contributed by atoms with Gasteiger partial charge in [0.2, 0.25) is 0 Å². The number of pyridine rings is 1. The van der Waals surface area contributed by atoms with Crippen LogP contribution in [0.2, 0.25) is 0 Å². The molecule has 0 fully saturated rings. The molecule has 2 N–H and O–H groups in total. The van der Waals surface area contributed by atoms with E-state index in [1.807, 2.05) is 67.6 Å². The van der Waals surface area contributed by atoms with Gasteiger partial charge >= 0.3 is 6.09 Å². The summed E-state index contributed by atoms with van der Waals surface area (Å²) in [5.41, 5.74) is 6.28. The van der Waals surface area contributed by atoms with Gasteiger partial charge in [0, 0.05) is 29.9 Å². The van der Waals surface area contributed by atoms with E-state index in [4.69, 9.17) is 9.47 Å². The van der Waals surface area contributed by atoms with Crippen molar-refractivity contribution in [3.63, 3.8) is 0 Å². The lowest BCUT2D eigenvalue weighted by molar-refractivity contribution is 0.0919. The molecule has 0 aliphatic carbocycles. The van der Waals surface area contributed by atoms with E-state index < -0.39 is 0 Å². The number of nitrogens with zero attached hydrogens (tertiary/aromatic N) is 6. The molecule has 1 aliphatic heterocycles. The van der Waals surface area contributed by atoms with Gasteiger partial charge in [-0.1, -0.05) is 30.3 Å². The molecule has 0 saturated heterocycles. The molecule has 1 amide bonds. The van der Waals surface area contributed by atoms with Crippen LogP contribution < -0.4 is 10.1 Å². The third-order valence-corrected chi connectivity index (χ3v) is 7.14. The molecule has 0 saturated carbocycles. The van der Waals surface area contributed by atoms with Gasteiger partial charge in [-0.15, -0.1) is 0 Å². The number of aromatic amines is 1. The smallest absolute Gasteiger partial charge is 0.410 e. The monoisotopic (exact) mass is 546 g/mol. The summed E-state index contributed by atoms with van der Waals surface area (Å²) in [6.45, 7) is 3.20. The quantitative estimate of drug-likeness (QED) is 0.279. The van der Waals surface area contributed by atoms with Crippen molar-refractivity contribution in [1.29, 1.82) is 0 Å². The summed E-state index contributed by atoms with van der Waals surface area (Å²) in [4.78, 5) is 31.2. The maximum absolute atomic E-state index is 12.9. The Morgan fingerprint density at radius 2 is 1.95 bits per heavy atom. The second kappa shape index (κ2) is 10.3. The molecule has 41 heavy (non-hydrogen) atoms. The van der Waals surface area contributed by atoms with E-state index in [1.54, 1.807) is 15.6 Å². The number of carbonyl (C=O) groups is 1. The zero-order chi connectivity index (χ0) is 27.8. The second-order valence-electron chi connectivity index (χ2n) is 9.87. The Bertz CT molecular complexity index is 1880. The van der Waals surface area contributed by atoms with Crippen molar-refractivity contribution >= 4 is 34.3 Å². The first-order chi connectivity index (χ1) is 20.1. The van der Waals surface area contributed by atoms with Gasteiger partial charge in [0.15, 0.2) is 5.65 Å². The number of aryl methyl sites for hydroxylation is 1. The van der Waals surface area contributed by atoms with Crippen molar-refractivity contribution in [2.75, 3.05) is 11.9 Å². The molecule has 2 aromatic carbocycles. The number of amides is 1. The molecule has 6 aromatic rings. The number of rotatable bonds is 6. The number of anilines is 2. The van der Waals surface area contributed by atoms with E-state index in [2.05, 4.69) is 30.4 Å². The molecule has 0 spiro atoms. The van der Waals surface area contributed by atoms with E-state index in [0.717, 1.165) is 50.5 Å². The van der Waals surface area contributed by atoms with Gasteiger partial charge < -0.3 is 24.7 Å². The lowest BCUT2D eigenvalue weighted by Crippen LogP contribution is -2.36. The van der Waals surface area contributed by atoms with Crippen LogP contribution in [-0.2, 0) is 24.3 Å². The van der Waals surface area contributed by atoms with Crippen molar-refractivity contribution in [1.82, 2.24) is 34.4 Å². The van der Waals surface area contributed by atoms with E-state index in [9.17, 15) is 4.79 Å². The molecule has 0 bridgehead atoms. The van der Waals surface area contributed by atoms with Gasteiger partial charge in [0.25, 0.3) is 0 Å². The Hall–Kier alpha value is -5.45. The van der Waals surface area contributed by atoms with Crippen LogP contribution in [0.15, 0.2) is 79.5 Å². The minimum absolute atomic E-state index is 0.237. The number of ether oxygens (including phenoxy) is 2. The molecule has 5 heterocycles. The summed E-state index contributed by atoms with van der Waals surface area (Å²) in [7, 11) is 0. The molecular weight excluding hydrogens is 520 g/mol. The third kappa shape index (κ3) is 4.89. The Balaban J connectivity index is 1.10. The predicted octanol–water partition coefficient (Wildman–Crippen LogP) is 5.54. The van der Waals surface area contributed by atoms with E-state index in [-0.39, 0.29) is 12.7 Å². The van der Waals surface area contributed by atoms with Crippen LogP contribution in [0.5, 0.6) is 11.5 Å². The predicted molar refractivity (Wildman–Crippen MR) is 152 cm³/mol. The van der Waals surface area contributed by atoms with Crippen LogP contribution in [0.25, 0.3) is 16.7 Å². The van der Waals surface area contributed by atoms with Crippen molar-refractivity contribution < 1.29 is 14.3 Å². The minimum atomic E-state index is -0.339. The van der Waals surface area contributed by atoms with Gasteiger partial charge in [-0.3, -0.25) is 0 Å². The normalized spacial score (nSPS) is 12.9. The van der Waals surface area contributed by atoms with E-state index >= 15 is 0 Å². The fourth-order valence-corrected chi connectivity index (χ4v) is 5.06. The van der Waals surface area contributed by atoms with Gasteiger partial charge in [0.05, 0.1) is 18.1 Å². The number of hydrogen-bond acceptors (Lipinski definition) is 8. The van der Waals surface area contributed by atoms with Gasteiger partial charge in [-0.2, -0.15) is 5.10 Å². The highest BCUT2D eigenvalue weighted by molar-refractivity contribution is 5.93. The molecule has 1 aliphatic rings. The molecule has 0 atom stereocenters. The SMILES string of the molecule is Cc1cc(Nc2ncnc3[nH]c4c(c23)CN(C(=O)OCc2ccccc2)CC4)ccc1Oc1ccc2ncnn2c1. The molecule has 204 valence electrons. The molecule has 11 heteroatoms. The number of benzene rings is 2. The number of aromatic nitrogens is 6. The highest BCUT2D eigenvalue weighted by Crippen LogP contribution is 2.34. The Kier molecular flexibility index (Phi) is 6.15. The number of hydrogen-bond donors (Lipinski definition) is 2. The molecule has 11 nitrogen and oxygen atoms in total. The fraction of sp³-hybridized carbons (Fsp3) is 0.167. The summed E-state index contributed by atoms with van der Waals surface area (Å²) < 4.78 is 13.4. The Morgan fingerprint density at radius 3 is 2.83 bits per heavy atom. The highest BCUT2D eigenvalue weighted by Gasteiger charge is 2.27. The van der Waals surface area contributed by atoms with Crippen LogP contribution in [0.3, 0.4) is 0 Å². The van der Waals surface area contributed by atoms with Gasteiger partial charge in [-0.25, -0.2) is 24.3 Å². The van der Waals surface area contributed by atoms with Crippen LogP contribution in [0.4, 0.5) is 16.3 Å². The summed E-state index contributed by atoms with van der Waals surface area (Å²) in [5.74, 6) is 2.05. The highest BCUT2D eigenvalue weighted by atomic mass is 16.6. The van der Waals surface area contributed by atoms with Crippen molar-refractivity contribution in [3.05, 3.63) is 102 Å². The Labute approximate surface area is 234 Å². The summed E-state index contributed by atoms with van der Waals surface area (Å²) in [6.07, 6.45) is 5.17. The summed E-state index contributed by atoms with van der Waals surface area (Å²) >= 11 is 0. The zero-order valence-corrected chi connectivity index (χ0v) is 22.2.